The molecule has 8 heteroatoms. The maximum absolute atomic E-state index is 13.9. The topological polar surface area (TPSA) is 64.2 Å². The molecule has 1 atom stereocenters. The van der Waals surface area contributed by atoms with E-state index >= 15 is 0 Å². The van der Waals surface area contributed by atoms with Crippen LogP contribution in [0.3, 0.4) is 0 Å². The molecule has 2 aromatic carbocycles. The second kappa shape index (κ2) is 10.2. The Kier molecular flexibility index (Phi) is 7.43. The van der Waals surface area contributed by atoms with Crippen LogP contribution in [0.1, 0.15) is 37.6 Å². The number of nitrogens with zero attached hydrogens (tertiary/aromatic N) is 4. The van der Waals surface area contributed by atoms with E-state index < -0.39 is 6.04 Å². The molecule has 192 valence electrons. The van der Waals surface area contributed by atoms with Crippen molar-refractivity contribution in [3.8, 4) is 11.1 Å². The van der Waals surface area contributed by atoms with E-state index in [1.165, 1.54) is 0 Å². The minimum Gasteiger partial charge on any atom is -0.338 e. The predicted molar refractivity (Wildman–Crippen MR) is 143 cm³/mol. The molecule has 0 aliphatic carbocycles. The lowest BCUT2D eigenvalue weighted by molar-refractivity contribution is -0.137. The van der Waals surface area contributed by atoms with Crippen molar-refractivity contribution in [1.82, 2.24) is 14.7 Å². The second-order valence-electron chi connectivity index (χ2n) is 11.1. The summed E-state index contributed by atoms with van der Waals surface area (Å²) in [6, 6.07) is 12.5. The van der Waals surface area contributed by atoms with Crippen LogP contribution in [-0.4, -0.2) is 85.3 Å². The number of likely N-dealkylation sites (N-methyl/N-ethyl adjacent to an activating group) is 1. The molecule has 0 aromatic heterocycles. The lowest BCUT2D eigenvalue weighted by Crippen LogP contribution is -2.61. The number of hydrogen-bond donors (Lipinski definition) is 0. The van der Waals surface area contributed by atoms with Gasteiger partial charge in [-0.25, -0.2) is 0 Å². The van der Waals surface area contributed by atoms with Crippen molar-refractivity contribution in [2.75, 3.05) is 51.7 Å². The number of rotatable bonds is 5. The molecular weight excluding hydrogens is 476 g/mol. The summed E-state index contributed by atoms with van der Waals surface area (Å²) in [5, 5.41) is 0.645. The first kappa shape index (κ1) is 26.2. The van der Waals surface area contributed by atoms with E-state index in [4.69, 9.17) is 11.6 Å². The number of halogens is 1. The Morgan fingerprint density at radius 1 is 1.03 bits per heavy atom. The van der Waals surface area contributed by atoms with Crippen molar-refractivity contribution in [2.24, 2.45) is 5.41 Å². The van der Waals surface area contributed by atoms with Gasteiger partial charge in [-0.15, -0.1) is 0 Å². The molecule has 4 rings (SSSR count). The van der Waals surface area contributed by atoms with Gasteiger partial charge < -0.3 is 19.6 Å². The van der Waals surface area contributed by atoms with Gasteiger partial charge in [-0.2, -0.15) is 0 Å². The van der Waals surface area contributed by atoms with Gasteiger partial charge in [-0.3, -0.25) is 14.4 Å². The third-order valence-corrected chi connectivity index (χ3v) is 6.94. The number of anilines is 1. The van der Waals surface area contributed by atoms with E-state index in [0.29, 0.717) is 48.9 Å². The van der Waals surface area contributed by atoms with Gasteiger partial charge in [0.25, 0.3) is 11.8 Å². The van der Waals surface area contributed by atoms with Crippen molar-refractivity contribution >= 4 is 35.0 Å². The SMILES string of the molecule is CN(C)CCN1C(=O)C2CN(C(=O)CC(C)(C)C)CCN2C(=O)c2cc(-c3ccc(Cl)cc3)ccc21. The van der Waals surface area contributed by atoms with Gasteiger partial charge in [0.2, 0.25) is 5.91 Å². The number of piperazine rings is 1. The predicted octanol–water partition coefficient (Wildman–Crippen LogP) is 4.00. The molecule has 2 aliphatic heterocycles. The third-order valence-electron chi connectivity index (χ3n) is 6.69. The van der Waals surface area contributed by atoms with Crippen molar-refractivity contribution in [3.05, 3.63) is 53.1 Å². The van der Waals surface area contributed by atoms with Crippen LogP contribution in [0.5, 0.6) is 0 Å². The van der Waals surface area contributed by atoms with Gasteiger partial charge in [-0.1, -0.05) is 50.6 Å². The fourth-order valence-electron chi connectivity index (χ4n) is 4.78. The van der Waals surface area contributed by atoms with Crippen LogP contribution < -0.4 is 4.90 Å². The normalized spacial score (nSPS) is 18.3. The Bertz CT molecular complexity index is 1160. The van der Waals surface area contributed by atoms with Gasteiger partial charge in [0.05, 0.1) is 17.8 Å². The Labute approximate surface area is 218 Å². The Hall–Kier alpha value is -2.90. The van der Waals surface area contributed by atoms with Crippen LogP contribution in [0.4, 0.5) is 5.69 Å². The summed E-state index contributed by atoms with van der Waals surface area (Å²) in [6.45, 7) is 8.16. The standard InChI is InChI=1S/C28H35ClN4O3/c1-28(2,3)17-25(34)31-13-15-33-24(18-31)27(36)32(14-12-30(4)5)23-11-8-20(16-22(23)26(33)35)19-6-9-21(29)10-7-19/h6-11,16,24H,12-15,17-18H2,1-5H3. The summed E-state index contributed by atoms with van der Waals surface area (Å²) in [4.78, 5) is 47.9. The number of carbonyl (C=O) groups is 3. The first-order chi connectivity index (χ1) is 16.9. The average molecular weight is 511 g/mol. The van der Waals surface area contributed by atoms with Crippen LogP contribution in [0.25, 0.3) is 11.1 Å². The maximum Gasteiger partial charge on any atom is 0.256 e. The average Bonchev–Trinajstić information content (AvgIpc) is 2.90. The fourth-order valence-corrected chi connectivity index (χ4v) is 4.90. The zero-order valence-corrected chi connectivity index (χ0v) is 22.5. The molecule has 36 heavy (non-hydrogen) atoms. The summed E-state index contributed by atoms with van der Waals surface area (Å²) in [6.07, 6.45) is 0.400. The second-order valence-corrected chi connectivity index (χ2v) is 11.6. The minimum absolute atomic E-state index is 0.0222. The van der Waals surface area contributed by atoms with Crippen LogP contribution in [-0.2, 0) is 9.59 Å². The highest BCUT2D eigenvalue weighted by Gasteiger charge is 2.43. The lowest BCUT2D eigenvalue weighted by atomic mass is 9.91. The number of carbonyl (C=O) groups excluding carboxylic acids is 3. The molecule has 2 aromatic rings. The monoisotopic (exact) mass is 510 g/mol. The molecule has 0 spiro atoms. The molecule has 1 unspecified atom stereocenters. The number of benzene rings is 2. The minimum atomic E-state index is -0.705. The summed E-state index contributed by atoms with van der Waals surface area (Å²) >= 11 is 6.06. The van der Waals surface area contributed by atoms with Crippen LogP contribution in [0.2, 0.25) is 5.02 Å². The largest absolute Gasteiger partial charge is 0.338 e. The van der Waals surface area contributed by atoms with Crippen molar-refractivity contribution in [2.45, 2.75) is 33.2 Å². The molecule has 0 saturated carbocycles. The molecule has 0 bridgehead atoms. The Morgan fingerprint density at radius 3 is 2.33 bits per heavy atom. The molecule has 0 N–H and O–H groups in total. The number of amides is 3. The highest BCUT2D eigenvalue weighted by molar-refractivity contribution is 6.30. The van der Waals surface area contributed by atoms with E-state index in [-0.39, 0.29) is 29.7 Å². The quantitative estimate of drug-likeness (QED) is 0.610. The molecule has 7 nitrogen and oxygen atoms in total. The van der Waals surface area contributed by atoms with E-state index in [0.717, 1.165) is 11.1 Å². The first-order valence-electron chi connectivity index (χ1n) is 12.4. The molecular formula is C28H35ClN4O3. The van der Waals surface area contributed by atoms with Gasteiger partial charge >= 0.3 is 0 Å². The summed E-state index contributed by atoms with van der Waals surface area (Å²) < 4.78 is 0. The van der Waals surface area contributed by atoms with Crippen molar-refractivity contribution < 1.29 is 14.4 Å². The van der Waals surface area contributed by atoms with E-state index in [9.17, 15) is 14.4 Å². The maximum atomic E-state index is 13.9. The molecule has 3 amide bonds. The van der Waals surface area contributed by atoms with Gasteiger partial charge in [0, 0.05) is 37.6 Å². The molecule has 1 saturated heterocycles. The van der Waals surface area contributed by atoms with Gasteiger partial charge in [-0.05, 0) is 54.9 Å². The summed E-state index contributed by atoms with van der Waals surface area (Å²) in [5.41, 5.74) is 2.80. The molecule has 2 heterocycles. The smallest absolute Gasteiger partial charge is 0.256 e. The fraction of sp³-hybridized carbons (Fsp3) is 0.464. The zero-order valence-electron chi connectivity index (χ0n) is 21.8. The van der Waals surface area contributed by atoms with Crippen molar-refractivity contribution in [3.63, 3.8) is 0 Å². The summed E-state index contributed by atoms with van der Waals surface area (Å²) in [7, 11) is 3.91. The Balaban J connectivity index is 1.71. The highest BCUT2D eigenvalue weighted by Crippen LogP contribution is 2.34. The number of fused-ring (bicyclic) bond motifs is 2. The van der Waals surface area contributed by atoms with Crippen LogP contribution in [0, 0.1) is 5.41 Å². The Morgan fingerprint density at radius 2 is 1.69 bits per heavy atom. The van der Waals surface area contributed by atoms with Crippen molar-refractivity contribution in [1.29, 1.82) is 0 Å². The van der Waals surface area contributed by atoms with Gasteiger partial charge in [0.1, 0.15) is 6.04 Å². The first-order valence-corrected chi connectivity index (χ1v) is 12.8. The molecule has 2 aliphatic rings. The van der Waals surface area contributed by atoms with E-state index in [1.54, 1.807) is 14.7 Å². The van der Waals surface area contributed by atoms with Crippen LogP contribution in [0.15, 0.2) is 42.5 Å². The van der Waals surface area contributed by atoms with E-state index in [2.05, 4.69) is 0 Å². The third kappa shape index (κ3) is 5.57. The van der Waals surface area contributed by atoms with Crippen LogP contribution >= 0.6 is 11.6 Å². The molecule has 1 fully saturated rings. The summed E-state index contributed by atoms with van der Waals surface area (Å²) in [5.74, 6) is -0.292. The van der Waals surface area contributed by atoms with E-state index in [1.807, 2.05) is 82.2 Å². The number of hydrogen-bond acceptors (Lipinski definition) is 4. The highest BCUT2D eigenvalue weighted by atomic mass is 35.5. The zero-order chi connectivity index (χ0) is 26.2. The van der Waals surface area contributed by atoms with Gasteiger partial charge in [0.15, 0.2) is 0 Å². The lowest BCUT2D eigenvalue weighted by Gasteiger charge is -2.41. The molecule has 0 radical (unpaired) electrons.